The lowest BCUT2D eigenvalue weighted by Crippen LogP contribution is -2.24. The number of ether oxygens (including phenoxy) is 1. The second-order valence-electron chi connectivity index (χ2n) is 5.16. The molecule has 0 saturated carbocycles. The van der Waals surface area contributed by atoms with E-state index >= 15 is 0 Å². The third-order valence-corrected chi connectivity index (χ3v) is 5.50. The maximum absolute atomic E-state index is 6.31. The maximum Gasteiger partial charge on any atom is 0.126 e. The lowest BCUT2D eigenvalue weighted by molar-refractivity contribution is 0.161. The van der Waals surface area contributed by atoms with Crippen LogP contribution in [0, 0.1) is 6.92 Å². The van der Waals surface area contributed by atoms with Crippen LogP contribution in [-0.4, -0.2) is 0 Å². The van der Waals surface area contributed by atoms with Gasteiger partial charge in [-0.25, -0.2) is 0 Å². The van der Waals surface area contributed by atoms with Crippen LogP contribution in [-0.2, 0) is 0 Å². The van der Waals surface area contributed by atoms with Gasteiger partial charge < -0.3 is 10.5 Å². The summed E-state index contributed by atoms with van der Waals surface area (Å²) in [4.78, 5) is 0. The van der Waals surface area contributed by atoms with E-state index in [1.807, 2.05) is 12.1 Å². The summed E-state index contributed by atoms with van der Waals surface area (Å²) in [6.45, 7) is 2.07. The van der Waals surface area contributed by atoms with Crippen molar-refractivity contribution in [3.63, 3.8) is 0 Å². The molecule has 2 nitrogen and oxygen atoms in total. The second kappa shape index (κ2) is 5.51. The van der Waals surface area contributed by atoms with Gasteiger partial charge in [-0.1, -0.05) is 23.8 Å². The number of halogens is 2. The third kappa shape index (κ3) is 2.65. The Labute approximate surface area is 135 Å². The predicted octanol–water partition coefficient (Wildman–Crippen LogP) is 5.04. The Morgan fingerprint density at radius 3 is 2.65 bits per heavy atom. The van der Waals surface area contributed by atoms with E-state index in [2.05, 4.69) is 63.0 Å². The van der Waals surface area contributed by atoms with E-state index in [1.165, 1.54) is 5.56 Å². The molecule has 2 atom stereocenters. The SMILES string of the molecule is Cc1ccc2c(c1)C(N)CC(c1ccc(Br)c(Br)c1)O2. The van der Waals surface area contributed by atoms with E-state index in [4.69, 9.17) is 10.5 Å². The number of fused-ring (bicyclic) bond motifs is 1. The van der Waals surface area contributed by atoms with Gasteiger partial charge in [0.1, 0.15) is 11.9 Å². The third-order valence-electron chi connectivity index (χ3n) is 3.62. The molecule has 1 aliphatic heterocycles. The first-order chi connectivity index (χ1) is 9.54. The minimum Gasteiger partial charge on any atom is -0.485 e. The number of hydrogen-bond acceptors (Lipinski definition) is 2. The lowest BCUT2D eigenvalue weighted by Gasteiger charge is -2.31. The summed E-state index contributed by atoms with van der Waals surface area (Å²) in [5.74, 6) is 0.901. The van der Waals surface area contributed by atoms with Gasteiger partial charge in [0.05, 0.1) is 0 Å². The van der Waals surface area contributed by atoms with Crippen molar-refractivity contribution in [3.05, 3.63) is 62.0 Å². The Bertz CT molecular complexity index is 657. The van der Waals surface area contributed by atoms with Crippen molar-refractivity contribution in [1.29, 1.82) is 0 Å². The van der Waals surface area contributed by atoms with Crippen LogP contribution in [0.25, 0.3) is 0 Å². The predicted molar refractivity (Wildman–Crippen MR) is 87.9 cm³/mol. The molecular weight excluding hydrogens is 382 g/mol. The van der Waals surface area contributed by atoms with Crippen LogP contribution in [0.2, 0.25) is 0 Å². The Balaban J connectivity index is 1.94. The van der Waals surface area contributed by atoms with Gasteiger partial charge in [-0.15, -0.1) is 0 Å². The highest BCUT2D eigenvalue weighted by Crippen LogP contribution is 2.41. The molecule has 1 heterocycles. The zero-order valence-electron chi connectivity index (χ0n) is 11.1. The Hall–Kier alpha value is -0.840. The molecule has 2 aromatic rings. The smallest absolute Gasteiger partial charge is 0.126 e. The zero-order valence-corrected chi connectivity index (χ0v) is 14.2. The van der Waals surface area contributed by atoms with E-state index in [9.17, 15) is 0 Å². The standard InChI is InChI=1S/C16H15Br2NO/c1-9-2-5-15-11(6-9)14(19)8-16(20-15)10-3-4-12(17)13(18)7-10/h2-7,14,16H,8,19H2,1H3. The van der Waals surface area contributed by atoms with Crippen LogP contribution in [0.5, 0.6) is 5.75 Å². The highest BCUT2D eigenvalue weighted by molar-refractivity contribution is 9.13. The first-order valence-corrected chi connectivity index (χ1v) is 8.11. The van der Waals surface area contributed by atoms with Gasteiger partial charge in [0, 0.05) is 27.0 Å². The molecule has 20 heavy (non-hydrogen) atoms. The van der Waals surface area contributed by atoms with Gasteiger partial charge in [0.2, 0.25) is 0 Å². The fourth-order valence-corrected chi connectivity index (χ4v) is 3.18. The number of hydrogen-bond donors (Lipinski definition) is 1. The summed E-state index contributed by atoms with van der Waals surface area (Å²) in [6.07, 6.45) is 0.800. The molecular formula is C16H15Br2NO. The molecule has 0 fully saturated rings. The first kappa shape index (κ1) is 14.1. The Kier molecular flexibility index (Phi) is 3.89. The molecule has 2 aromatic carbocycles. The molecule has 0 amide bonds. The molecule has 0 radical (unpaired) electrons. The minimum atomic E-state index is 0.00426. The van der Waals surface area contributed by atoms with Crippen LogP contribution >= 0.6 is 31.9 Å². The fourth-order valence-electron chi connectivity index (χ4n) is 2.54. The summed E-state index contributed by atoms with van der Waals surface area (Å²) < 4.78 is 8.19. The second-order valence-corrected chi connectivity index (χ2v) is 6.87. The summed E-state index contributed by atoms with van der Waals surface area (Å²) in [7, 11) is 0. The fraction of sp³-hybridized carbons (Fsp3) is 0.250. The minimum absolute atomic E-state index is 0.00426. The molecule has 2 N–H and O–H groups in total. The van der Waals surface area contributed by atoms with Crippen LogP contribution in [0.1, 0.15) is 35.3 Å². The van der Waals surface area contributed by atoms with Gasteiger partial charge in [-0.2, -0.15) is 0 Å². The van der Waals surface area contributed by atoms with E-state index < -0.39 is 0 Å². The van der Waals surface area contributed by atoms with Gasteiger partial charge in [0.25, 0.3) is 0 Å². The molecule has 0 bridgehead atoms. The van der Waals surface area contributed by atoms with Gasteiger partial charge in [-0.3, -0.25) is 0 Å². The first-order valence-electron chi connectivity index (χ1n) is 6.52. The van der Waals surface area contributed by atoms with Gasteiger partial charge in [-0.05, 0) is 62.5 Å². The summed E-state index contributed by atoms with van der Waals surface area (Å²) >= 11 is 7.02. The molecule has 3 rings (SSSR count). The van der Waals surface area contributed by atoms with Crippen LogP contribution in [0.3, 0.4) is 0 Å². The molecule has 2 unspecified atom stereocenters. The van der Waals surface area contributed by atoms with Crippen LogP contribution in [0.15, 0.2) is 45.3 Å². The molecule has 1 aliphatic rings. The van der Waals surface area contributed by atoms with Crippen molar-refractivity contribution < 1.29 is 4.74 Å². The normalized spacial score (nSPS) is 21.2. The molecule has 4 heteroatoms. The van der Waals surface area contributed by atoms with Crippen molar-refractivity contribution >= 4 is 31.9 Å². The molecule has 0 saturated heterocycles. The van der Waals surface area contributed by atoms with Gasteiger partial charge >= 0.3 is 0 Å². The molecule has 0 spiro atoms. The summed E-state index contributed by atoms with van der Waals surface area (Å²) in [6, 6.07) is 12.4. The lowest BCUT2D eigenvalue weighted by atomic mass is 9.93. The topological polar surface area (TPSA) is 35.2 Å². The van der Waals surface area contributed by atoms with Crippen molar-refractivity contribution in [2.75, 3.05) is 0 Å². The molecule has 104 valence electrons. The van der Waals surface area contributed by atoms with Crippen molar-refractivity contribution in [2.24, 2.45) is 5.73 Å². The van der Waals surface area contributed by atoms with Crippen molar-refractivity contribution in [3.8, 4) is 5.75 Å². The average Bonchev–Trinajstić information content (AvgIpc) is 2.42. The van der Waals surface area contributed by atoms with Crippen molar-refractivity contribution in [1.82, 2.24) is 0 Å². The summed E-state index contributed by atoms with van der Waals surface area (Å²) in [5.41, 5.74) is 9.77. The van der Waals surface area contributed by atoms with E-state index in [0.29, 0.717) is 0 Å². The Morgan fingerprint density at radius 1 is 1.10 bits per heavy atom. The van der Waals surface area contributed by atoms with Crippen LogP contribution in [0.4, 0.5) is 0 Å². The quantitative estimate of drug-likeness (QED) is 0.732. The van der Waals surface area contributed by atoms with E-state index in [0.717, 1.165) is 32.2 Å². The largest absolute Gasteiger partial charge is 0.485 e. The monoisotopic (exact) mass is 395 g/mol. The zero-order chi connectivity index (χ0) is 14.3. The van der Waals surface area contributed by atoms with Gasteiger partial charge in [0.15, 0.2) is 0 Å². The van der Waals surface area contributed by atoms with E-state index in [-0.39, 0.29) is 12.1 Å². The highest BCUT2D eigenvalue weighted by Gasteiger charge is 2.27. The van der Waals surface area contributed by atoms with E-state index in [1.54, 1.807) is 0 Å². The van der Waals surface area contributed by atoms with Crippen LogP contribution < -0.4 is 10.5 Å². The average molecular weight is 397 g/mol. The Morgan fingerprint density at radius 2 is 1.90 bits per heavy atom. The number of rotatable bonds is 1. The molecule has 0 aliphatic carbocycles. The van der Waals surface area contributed by atoms with Crippen molar-refractivity contribution in [2.45, 2.75) is 25.5 Å². The number of nitrogens with two attached hydrogens (primary N) is 1. The molecule has 0 aromatic heterocycles. The maximum atomic E-state index is 6.31. The summed E-state index contributed by atoms with van der Waals surface area (Å²) in [5, 5.41) is 0. The highest BCUT2D eigenvalue weighted by atomic mass is 79.9. The number of benzene rings is 2. The number of aryl methyl sites for hydroxylation is 1.